The number of nitrogens with one attached hydrogen (secondary N) is 3. The predicted octanol–water partition coefficient (Wildman–Crippen LogP) is 5.78. The summed E-state index contributed by atoms with van der Waals surface area (Å²) in [6.07, 6.45) is 4.14. The third kappa shape index (κ3) is 9.15. The summed E-state index contributed by atoms with van der Waals surface area (Å²) in [6, 6.07) is 18.8. The van der Waals surface area contributed by atoms with Gasteiger partial charge in [-0.1, -0.05) is 49.4 Å². The van der Waals surface area contributed by atoms with E-state index in [-0.39, 0.29) is 18.4 Å². The van der Waals surface area contributed by atoms with E-state index >= 15 is 0 Å². The van der Waals surface area contributed by atoms with E-state index in [1.807, 2.05) is 36.9 Å². The fraction of sp³-hybridized carbons (Fsp3) is 0.439. The third-order valence-electron chi connectivity index (χ3n) is 10.3. The highest BCUT2D eigenvalue weighted by Gasteiger charge is 2.36. The second-order valence-electron chi connectivity index (χ2n) is 14.4. The molecule has 2 fully saturated rings. The van der Waals surface area contributed by atoms with Crippen LogP contribution in [0.3, 0.4) is 0 Å². The van der Waals surface area contributed by atoms with Gasteiger partial charge < -0.3 is 44.0 Å². The van der Waals surface area contributed by atoms with Crippen LogP contribution in [0.1, 0.15) is 51.2 Å². The molecule has 2 aliphatic heterocycles. The first kappa shape index (κ1) is 38.0. The van der Waals surface area contributed by atoms with Gasteiger partial charge in [0.05, 0.1) is 62.9 Å². The Morgan fingerprint density at radius 1 is 0.891 bits per heavy atom. The topological polar surface area (TPSA) is 164 Å². The SMILES string of the molecule is CCCN(Cc1ncc(-c2ccc(-c3ccc4c(ccc5[nH]c(CN(CC6(C)OCCO6)C(=O)CC6CCOCC6)nc54)c3)cc2)[nH]1)C(=O)CNC(=O)OC. The molecule has 0 bridgehead atoms. The number of methoxy groups -OCH3 is 1. The Labute approximate surface area is 319 Å². The summed E-state index contributed by atoms with van der Waals surface area (Å²) >= 11 is 0. The molecule has 4 heterocycles. The molecule has 0 spiro atoms. The molecule has 2 saturated heterocycles. The minimum Gasteiger partial charge on any atom is -0.453 e. The molecule has 14 heteroatoms. The Balaban J connectivity index is 1.04. The zero-order chi connectivity index (χ0) is 38.4. The van der Waals surface area contributed by atoms with E-state index < -0.39 is 11.9 Å². The molecule has 3 N–H and O–H groups in total. The van der Waals surface area contributed by atoms with Crippen molar-refractivity contribution in [1.29, 1.82) is 0 Å². The number of nitrogens with zero attached hydrogens (tertiary/aromatic N) is 4. The van der Waals surface area contributed by atoms with Crippen LogP contribution in [0, 0.1) is 5.92 Å². The lowest BCUT2D eigenvalue weighted by atomic mass is 9.96. The Hall–Kier alpha value is -5.31. The standard InChI is InChI=1S/C41H49N7O7/c1-4-15-47(38(50)23-43-40(51)52-3)24-35-42-22-34(45-35)29-7-5-28(6-8-29)30-9-11-32-31(21-30)10-12-33-39(32)46-36(44-33)25-48(26-41(2)54-18-19-55-41)37(49)20-27-13-16-53-17-14-27/h5-12,21-22,27H,4,13-20,23-26H2,1-3H3,(H,42,45)(H,43,51)(H,44,46). The molecule has 0 unspecified atom stereocenters. The molecular weight excluding hydrogens is 702 g/mol. The maximum Gasteiger partial charge on any atom is 0.407 e. The van der Waals surface area contributed by atoms with Crippen LogP contribution in [0.25, 0.3) is 44.2 Å². The normalized spacial score (nSPS) is 15.7. The van der Waals surface area contributed by atoms with Gasteiger partial charge in [-0.15, -0.1) is 0 Å². The van der Waals surface area contributed by atoms with Crippen molar-refractivity contribution in [3.8, 4) is 22.4 Å². The highest BCUT2D eigenvalue weighted by Crippen LogP contribution is 2.31. The van der Waals surface area contributed by atoms with Crippen LogP contribution in [0.15, 0.2) is 60.8 Å². The van der Waals surface area contributed by atoms with Crippen molar-refractivity contribution in [1.82, 2.24) is 35.1 Å². The maximum atomic E-state index is 13.7. The molecule has 0 atom stereocenters. The van der Waals surface area contributed by atoms with E-state index in [1.165, 1.54) is 7.11 Å². The lowest BCUT2D eigenvalue weighted by Gasteiger charge is -2.32. The quantitative estimate of drug-likeness (QED) is 0.128. The molecule has 290 valence electrons. The molecule has 3 aromatic carbocycles. The summed E-state index contributed by atoms with van der Waals surface area (Å²) in [5, 5.41) is 4.53. The largest absolute Gasteiger partial charge is 0.453 e. The molecule has 55 heavy (non-hydrogen) atoms. The van der Waals surface area contributed by atoms with Crippen molar-refractivity contribution in [2.45, 2.75) is 58.4 Å². The van der Waals surface area contributed by atoms with Gasteiger partial charge in [-0.3, -0.25) is 9.59 Å². The van der Waals surface area contributed by atoms with Gasteiger partial charge in [0.15, 0.2) is 5.79 Å². The van der Waals surface area contributed by atoms with Crippen LogP contribution in [-0.4, -0.2) is 107 Å². The highest BCUT2D eigenvalue weighted by molar-refractivity contribution is 6.05. The molecule has 7 rings (SSSR count). The number of aromatic amines is 2. The van der Waals surface area contributed by atoms with Gasteiger partial charge in [0.1, 0.15) is 18.2 Å². The summed E-state index contributed by atoms with van der Waals surface area (Å²) < 4.78 is 21.9. The number of fused-ring (bicyclic) bond motifs is 3. The molecule has 0 aliphatic carbocycles. The number of carbonyl (C=O) groups is 3. The second-order valence-corrected chi connectivity index (χ2v) is 14.4. The van der Waals surface area contributed by atoms with Gasteiger partial charge in [0, 0.05) is 31.6 Å². The number of amides is 3. The molecule has 3 amide bonds. The fourth-order valence-electron chi connectivity index (χ4n) is 7.35. The second kappa shape index (κ2) is 17.0. The number of hydrogen-bond acceptors (Lipinski definition) is 9. The van der Waals surface area contributed by atoms with Crippen LogP contribution in [0.4, 0.5) is 4.79 Å². The van der Waals surface area contributed by atoms with E-state index in [0.29, 0.717) is 76.6 Å². The molecule has 2 aliphatic rings. The first-order chi connectivity index (χ1) is 26.7. The number of aromatic nitrogens is 4. The first-order valence-corrected chi connectivity index (χ1v) is 19.0. The molecule has 0 radical (unpaired) electrons. The average Bonchev–Trinajstić information content (AvgIpc) is 3.97. The summed E-state index contributed by atoms with van der Waals surface area (Å²) in [5.41, 5.74) is 5.72. The number of imidazole rings is 2. The monoisotopic (exact) mass is 751 g/mol. The summed E-state index contributed by atoms with van der Waals surface area (Å²) in [4.78, 5) is 57.6. The van der Waals surface area contributed by atoms with Crippen LogP contribution in [0.2, 0.25) is 0 Å². The minimum absolute atomic E-state index is 0.0677. The fourth-order valence-corrected chi connectivity index (χ4v) is 7.35. The summed E-state index contributed by atoms with van der Waals surface area (Å²) in [5.74, 6) is 0.685. The lowest BCUT2D eigenvalue weighted by molar-refractivity contribution is -0.168. The maximum absolute atomic E-state index is 13.7. The molecule has 2 aromatic heterocycles. The van der Waals surface area contributed by atoms with Crippen LogP contribution in [-0.2, 0) is 41.6 Å². The molecule has 0 saturated carbocycles. The Morgan fingerprint density at radius 2 is 1.62 bits per heavy atom. The zero-order valence-electron chi connectivity index (χ0n) is 31.7. The van der Waals surface area contributed by atoms with Gasteiger partial charge in [0.2, 0.25) is 11.8 Å². The van der Waals surface area contributed by atoms with Crippen molar-refractivity contribution >= 4 is 39.7 Å². The molecule has 14 nitrogen and oxygen atoms in total. The Kier molecular flexibility index (Phi) is 11.7. The predicted molar refractivity (Wildman–Crippen MR) is 207 cm³/mol. The number of benzene rings is 3. The molecular formula is C41H49N7O7. The van der Waals surface area contributed by atoms with E-state index in [4.69, 9.17) is 19.2 Å². The van der Waals surface area contributed by atoms with Crippen LogP contribution < -0.4 is 5.32 Å². The molecule has 5 aromatic rings. The van der Waals surface area contributed by atoms with E-state index in [1.54, 1.807) is 11.1 Å². The van der Waals surface area contributed by atoms with Crippen LogP contribution >= 0.6 is 0 Å². The van der Waals surface area contributed by atoms with Crippen molar-refractivity contribution in [2.75, 3.05) is 53.2 Å². The Morgan fingerprint density at radius 3 is 2.36 bits per heavy atom. The van der Waals surface area contributed by atoms with E-state index in [0.717, 1.165) is 63.5 Å². The Bertz CT molecular complexity index is 2120. The van der Waals surface area contributed by atoms with Gasteiger partial charge in [-0.2, -0.15) is 0 Å². The number of H-pyrrole nitrogens is 2. The van der Waals surface area contributed by atoms with Crippen molar-refractivity contribution in [2.24, 2.45) is 5.92 Å². The van der Waals surface area contributed by atoms with E-state index in [2.05, 4.69) is 61.4 Å². The van der Waals surface area contributed by atoms with E-state index in [9.17, 15) is 14.4 Å². The van der Waals surface area contributed by atoms with Gasteiger partial charge >= 0.3 is 6.09 Å². The lowest BCUT2D eigenvalue weighted by Crippen LogP contribution is -2.45. The number of carbonyl (C=O) groups excluding carboxylic acids is 3. The van der Waals surface area contributed by atoms with Gasteiger partial charge in [-0.05, 0) is 66.3 Å². The number of rotatable bonds is 14. The first-order valence-electron chi connectivity index (χ1n) is 19.0. The third-order valence-corrected chi connectivity index (χ3v) is 10.3. The van der Waals surface area contributed by atoms with Gasteiger partial charge in [0.25, 0.3) is 0 Å². The zero-order valence-corrected chi connectivity index (χ0v) is 31.7. The number of hydrogen-bond donors (Lipinski definition) is 3. The highest BCUT2D eigenvalue weighted by atomic mass is 16.7. The van der Waals surface area contributed by atoms with Crippen molar-refractivity contribution in [3.05, 3.63) is 72.4 Å². The van der Waals surface area contributed by atoms with Gasteiger partial charge in [-0.25, -0.2) is 14.8 Å². The minimum atomic E-state index is -0.843. The van der Waals surface area contributed by atoms with Crippen molar-refractivity contribution in [3.63, 3.8) is 0 Å². The summed E-state index contributed by atoms with van der Waals surface area (Å²) in [7, 11) is 1.26. The van der Waals surface area contributed by atoms with Crippen molar-refractivity contribution < 1.29 is 33.3 Å². The number of ether oxygens (including phenoxy) is 4. The average molecular weight is 752 g/mol. The van der Waals surface area contributed by atoms with Crippen LogP contribution in [0.5, 0.6) is 0 Å². The number of alkyl carbamates (subject to hydrolysis) is 1. The smallest absolute Gasteiger partial charge is 0.407 e. The summed E-state index contributed by atoms with van der Waals surface area (Å²) in [6.45, 7) is 7.64.